The molecule has 124 valence electrons. The number of nitrogens with zero attached hydrogens (tertiary/aromatic N) is 6. The molecule has 2 aromatic rings. The van der Waals surface area contributed by atoms with Gasteiger partial charge in [0.25, 0.3) is 0 Å². The van der Waals surface area contributed by atoms with Gasteiger partial charge in [-0.3, -0.25) is 4.90 Å². The van der Waals surface area contributed by atoms with Gasteiger partial charge in [0, 0.05) is 31.7 Å². The molecule has 0 N–H and O–H groups in total. The van der Waals surface area contributed by atoms with Gasteiger partial charge in [-0.1, -0.05) is 18.2 Å². The number of aromatic nitrogens is 4. The summed E-state index contributed by atoms with van der Waals surface area (Å²) in [7, 11) is 2.10. The predicted molar refractivity (Wildman–Crippen MR) is 85.5 cm³/mol. The van der Waals surface area contributed by atoms with E-state index in [0.29, 0.717) is 11.4 Å². The van der Waals surface area contributed by atoms with Crippen molar-refractivity contribution in [3.63, 3.8) is 0 Å². The molecule has 1 atom stereocenters. The van der Waals surface area contributed by atoms with Gasteiger partial charge >= 0.3 is 0 Å². The number of halogens is 1. The zero-order valence-electron chi connectivity index (χ0n) is 13.9. The van der Waals surface area contributed by atoms with Crippen LogP contribution < -0.4 is 0 Å². The summed E-state index contributed by atoms with van der Waals surface area (Å²) in [5.74, 6) is 0.490. The highest BCUT2D eigenvalue weighted by molar-refractivity contribution is 5.26. The van der Waals surface area contributed by atoms with Gasteiger partial charge in [0.1, 0.15) is 11.9 Å². The second-order valence-corrected chi connectivity index (χ2v) is 6.34. The first kappa shape index (κ1) is 16.0. The summed E-state index contributed by atoms with van der Waals surface area (Å²) in [6, 6.07) is 6.78. The second kappa shape index (κ2) is 6.72. The summed E-state index contributed by atoms with van der Waals surface area (Å²) in [6.07, 6.45) is 0. The first-order valence-corrected chi connectivity index (χ1v) is 8.02. The second-order valence-electron chi connectivity index (χ2n) is 6.34. The molecule has 3 rings (SSSR count). The lowest BCUT2D eigenvalue weighted by molar-refractivity contribution is 0.119. The first-order valence-electron chi connectivity index (χ1n) is 8.02. The number of tetrazole rings is 1. The van der Waals surface area contributed by atoms with Crippen LogP contribution in [0, 0.1) is 5.82 Å². The van der Waals surface area contributed by atoms with Crippen molar-refractivity contribution in [1.82, 2.24) is 30.0 Å². The molecule has 0 bridgehead atoms. The van der Waals surface area contributed by atoms with E-state index in [1.165, 1.54) is 6.07 Å². The van der Waals surface area contributed by atoms with Crippen LogP contribution >= 0.6 is 0 Å². The molecule has 2 heterocycles. The van der Waals surface area contributed by atoms with Gasteiger partial charge in [-0.15, -0.1) is 5.10 Å². The average molecular weight is 318 g/mol. The highest BCUT2D eigenvalue weighted by Gasteiger charge is 2.32. The first-order chi connectivity index (χ1) is 11.1. The third-order valence-electron chi connectivity index (χ3n) is 4.35. The van der Waals surface area contributed by atoms with E-state index in [9.17, 15) is 4.39 Å². The molecule has 0 aliphatic carbocycles. The minimum atomic E-state index is -0.262. The van der Waals surface area contributed by atoms with Crippen molar-refractivity contribution in [1.29, 1.82) is 0 Å². The molecule has 1 aromatic carbocycles. The van der Waals surface area contributed by atoms with Crippen molar-refractivity contribution in [2.75, 3.05) is 33.2 Å². The Kier molecular flexibility index (Phi) is 4.68. The Morgan fingerprint density at radius 1 is 1.09 bits per heavy atom. The van der Waals surface area contributed by atoms with Gasteiger partial charge in [-0.2, -0.15) is 0 Å². The van der Waals surface area contributed by atoms with Gasteiger partial charge in [0.05, 0.1) is 6.04 Å². The van der Waals surface area contributed by atoms with Gasteiger partial charge in [-0.05, 0) is 37.4 Å². The van der Waals surface area contributed by atoms with Crippen LogP contribution in [0.25, 0.3) is 0 Å². The van der Waals surface area contributed by atoms with Gasteiger partial charge in [0.15, 0.2) is 5.82 Å². The van der Waals surface area contributed by atoms with E-state index in [1.807, 2.05) is 26.0 Å². The van der Waals surface area contributed by atoms with Crippen molar-refractivity contribution in [3.05, 3.63) is 41.5 Å². The maximum atomic E-state index is 14.5. The highest BCUT2D eigenvalue weighted by atomic mass is 19.1. The summed E-state index contributed by atoms with van der Waals surface area (Å²) in [6.45, 7) is 7.69. The Hall–Kier alpha value is -1.86. The number of likely N-dealkylation sites (N-methyl/N-ethyl adjacent to an activating group) is 1. The van der Waals surface area contributed by atoms with Crippen LogP contribution in [0.1, 0.15) is 37.3 Å². The zero-order valence-corrected chi connectivity index (χ0v) is 13.9. The maximum Gasteiger partial charge on any atom is 0.173 e. The topological polar surface area (TPSA) is 50.1 Å². The summed E-state index contributed by atoms with van der Waals surface area (Å²) >= 11 is 0. The van der Waals surface area contributed by atoms with Crippen LogP contribution in [-0.4, -0.2) is 63.2 Å². The zero-order chi connectivity index (χ0) is 16.4. The third kappa shape index (κ3) is 3.25. The fraction of sp³-hybridized carbons (Fsp3) is 0.562. The molecule has 7 heteroatoms. The summed E-state index contributed by atoms with van der Waals surface area (Å²) in [5, 5.41) is 12.2. The van der Waals surface area contributed by atoms with Crippen molar-refractivity contribution in [2.24, 2.45) is 0 Å². The average Bonchev–Trinajstić information content (AvgIpc) is 3.01. The molecule has 1 aliphatic rings. The molecule has 0 saturated carbocycles. The molecule has 23 heavy (non-hydrogen) atoms. The molecule has 1 unspecified atom stereocenters. The number of hydrogen-bond acceptors (Lipinski definition) is 5. The highest BCUT2D eigenvalue weighted by Crippen LogP contribution is 2.30. The third-order valence-corrected chi connectivity index (χ3v) is 4.35. The standard InChI is InChI=1S/C16H23FN6/c1-12(2)23-16(18-19-20-23)15(13-6-4-5-7-14(13)17)22-10-8-21(3)9-11-22/h4-7,12,15H,8-11H2,1-3H3. The number of piperazine rings is 1. The fourth-order valence-electron chi connectivity index (χ4n) is 3.02. The van der Waals surface area contributed by atoms with E-state index in [0.717, 1.165) is 26.2 Å². The molecule has 1 fully saturated rings. The van der Waals surface area contributed by atoms with E-state index in [1.54, 1.807) is 10.7 Å². The largest absolute Gasteiger partial charge is 0.304 e. The molecule has 1 saturated heterocycles. The van der Waals surface area contributed by atoms with Crippen molar-refractivity contribution < 1.29 is 4.39 Å². The molecular weight excluding hydrogens is 295 g/mol. The lowest BCUT2D eigenvalue weighted by Gasteiger charge is -2.37. The minimum absolute atomic E-state index is 0.127. The predicted octanol–water partition coefficient (Wildman–Crippen LogP) is 1.73. The summed E-state index contributed by atoms with van der Waals surface area (Å²) in [4.78, 5) is 4.54. The molecule has 1 aromatic heterocycles. The van der Waals surface area contributed by atoms with Crippen LogP contribution in [0.2, 0.25) is 0 Å². The number of benzene rings is 1. The summed E-state index contributed by atoms with van der Waals surface area (Å²) < 4.78 is 16.3. The lowest BCUT2D eigenvalue weighted by Crippen LogP contribution is -2.47. The van der Waals surface area contributed by atoms with Gasteiger partial charge in [-0.25, -0.2) is 9.07 Å². The Bertz CT molecular complexity index is 648. The lowest BCUT2D eigenvalue weighted by atomic mass is 10.0. The smallest absolute Gasteiger partial charge is 0.173 e. The van der Waals surface area contributed by atoms with Crippen LogP contribution in [-0.2, 0) is 0 Å². The van der Waals surface area contributed by atoms with Crippen LogP contribution in [0.3, 0.4) is 0 Å². The fourth-order valence-corrected chi connectivity index (χ4v) is 3.02. The van der Waals surface area contributed by atoms with Crippen molar-refractivity contribution in [3.8, 4) is 0 Å². The van der Waals surface area contributed by atoms with Crippen molar-refractivity contribution in [2.45, 2.75) is 25.9 Å². The van der Waals surface area contributed by atoms with Crippen LogP contribution in [0.4, 0.5) is 4.39 Å². The van der Waals surface area contributed by atoms with E-state index in [-0.39, 0.29) is 17.9 Å². The van der Waals surface area contributed by atoms with E-state index in [2.05, 4.69) is 32.4 Å². The Labute approximate surface area is 135 Å². The number of hydrogen-bond donors (Lipinski definition) is 0. The van der Waals surface area contributed by atoms with Crippen molar-refractivity contribution >= 4 is 0 Å². The maximum absolute atomic E-state index is 14.5. The minimum Gasteiger partial charge on any atom is -0.304 e. The molecule has 0 spiro atoms. The van der Waals surface area contributed by atoms with Crippen LogP contribution in [0.15, 0.2) is 24.3 Å². The number of rotatable bonds is 4. The molecule has 0 radical (unpaired) electrons. The van der Waals surface area contributed by atoms with E-state index in [4.69, 9.17) is 0 Å². The molecule has 1 aliphatic heterocycles. The Morgan fingerprint density at radius 3 is 2.43 bits per heavy atom. The van der Waals surface area contributed by atoms with Crippen LogP contribution in [0.5, 0.6) is 0 Å². The Balaban J connectivity index is 2.03. The molecule has 6 nitrogen and oxygen atoms in total. The monoisotopic (exact) mass is 318 g/mol. The SMILES string of the molecule is CC(C)n1nnnc1C(c1ccccc1F)N1CCN(C)CC1. The summed E-state index contributed by atoms with van der Waals surface area (Å²) in [5.41, 5.74) is 0.633. The quantitative estimate of drug-likeness (QED) is 0.859. The Morgan fingerprint density at radius 2 is 1.78 bits per heavy atom. The van der Waals surface area contributed by atoms with Gasteiger partial charge in [0.2, 0.25) is 0 Å². The van der Waals surface area contributed by atoms with E-state index < -0.39 is 0 Å². The van der Waals surface area contributed by atoms with Gasteiger partial charge < -0.3 is 4.90 Å². The molecule has 0 amide bonds. The molecular formula is C16H23FN6. The normalized spacial score (nSPS) is 18.5. The van der Waals surface area contributed by atoms with E-state index >= 15 is 0 Å².